The van der Waals surface area contributed by atoms with Crippen molar-refractivity contribution in [1.82, 2.24) is 0 Å². The van der Waals surface area contributed by atoms with Gasteiger partial charge in [0.1, 0.15) is 18.0 Å². The lowest BCUT2D eigenvalue weighted by Crippen LogP contribution is -2.53. The fourth-order valence-electron chi connectivity index (χ4n) is 5.09. The second-order valence-electron chi connectivity index (χ2n) is 9.02. The predicted octanol–water partition coefficient (Wildman–Crippen LogP) is 5.22. The fraction of sp³-hybridized carbons (Fsp3) is 0.481. The standard InChI is InChI=1S/C27H31ClO6/c1-5-22-15(2)24(32-16(3)29)27(33-17(4)30)26(34-22)21-14-19(13-18-9-7-6-8-10-18)23(28)25-20(21)11-12-31-25/h6-10,14-15,22,24,26-27H,5,11-13H2,1-4H3/t15-,22-,24+,26+,27-/m1/s1. The van der Waals surface area contributed by atoms with Gasteiger partial charge in [-0.1, -0.05) is 61.8 Å². The van der Waals surface area contributed by atoms with Crippen LogP contribution in [0.5, 0.6) is 5.75 Å². The van der Waals surface area contributed by atoms with Crippen LogP contribution >= 0.6 is 11.6 Å². The zero-order chi connectivity index (χ0) is 24.4. The van der Waals surface area contributed by atoms with Crippen LogP contribution in [0.25, 0.3) is 0 Å². The summed E-state index contributed by atoms with van der Waals surface area (Å²) in [5, 5.41) is 0.594. The van der Waals surface area contributed by atoms with Gasteiger partial charge in [-0.2, -0.15) is 0 Å². The molecule has 2 heterocycles. The molecule has 0 aliphatic carbocycles. The highest BCUT2D eigenvalue weighted by atomic mass is 35.5. The number of ether oxygens (including phenoxy) is 4. The van der Waals surface area contributed by atoms with E-state index in [1.807, 2.05) is 50.2 Å². The van der Waals surface area contributed by atoms with Crippen LogP contribution in [0.3, 0.4) is 0 Å². The predicted molar refractivity (Wildman–Crippen MR) is 128 cm³/mol. The second-order valence-corrected chi connectivity index (χ2v) is 9.40. The van der Waals surface area contributed by atoms with E-state index in [4.69, 9.17) is 30.5 Å². The molecule has 0 unspecified atom stereocenters. The SMILES string of the molecule is CC[C@H]1O[C@@H](c2cc(Cc3ccccc3)c(Cl)c3c2CCO3)[C@H](OC(C)=O)[C@@H](OC(C)=O)[C@@H]1C. The second kappa shape index (κ2) is 10.4. The van der Waals surface area contributed by atoms with Gasteiger partial charge in [-0.3, -0.25) is 9.59 Å². The van der Waals surface area contributed by atoms with E-state index in [1.165, 1.54) is 13.8 Å². The Morgan fingerprint density at radius 3 is 2.41 bits per heavy atom. The molecule has 0 bridgehead atoms. The van der Waals surface area contributed by atoms with Crippen LogP contribution in [0.2, 0.25) is 5.02 Å². The molecule has 2 aromatic carbocycles. The molecule has 5 atom stereocenters. The van der Waals surface area contributed by atoms with E-state index in [2.05, 4.69) is 0 Å². The number of fused-ring (bicyclic) bond motifs is 1. The third kappa shape index (κ3) is 4.93. The van der Waals surface area contributed by atoms with Crippen molar-refractivity contribution in [2.75, 3.05) is 6.61 Å². The van der Waals surface area contributed by atoms with Gasteiger partial charge in [-0.05, 0) is 29.5 Å². The molecule has 0 aromatic heterocycles. The van der Waals surface area contributed by atoms with Gasteiger partial charge in [0.05, 0.1) is 17.7 Å². The van der Waals surface area contributed by atoms with E-state index >= 15 is 0 Å². The normalized spacial score (nSPS) is 25.9. The molecule has 2 aliphatic rings. The Kier molecular flexibility index (Phi) is 7.48. The lowest BCUT2D eigenvalue weighted by Gasteiger charge is -2.45. The topological polar surface area (TPSA) is 71.1 Å². The van der Waals surface area contributed by atoms with Crippen LogP contribution in [0.1, 0.15) is 62.5 Å². The lowest BCUT2D eigenvalue weighted by molar-refractivity contribution is -0.225. The van der Waals surface area contributed by atoms with Gasteiger partial charge in [-0.25, -0.2) is 0 Å². The minimum absolute atomic E-state index is 0.144. The van der Waals surface area contributed by atoms with Crippen molar-refractivity contribution in [3.63, 3.8) is 0 Å². The van der Waals surface area contributed by atoms with Crippen molar-refractivity contribution in [3.8, 4) is 5.75 Å². The van der Waals surface area contributed by atoms with Gasteiger partial charge in [-0.15, -0.1) is 0 Å². The summed E-state index contributed by atoms with van der Waals surface area (Å²) >= 11 is 6.79. The number of hydrogen-bond acceptors (Lipinski definition) is 6. The summed E-state index contributed by atoms with van der Waals surface area (Å²) in [6.45, 7) is 7.24. The Bertz CT molecular complexity index is 1050. The van der Waals surface area contributed by atoms with E-state index in [9.17, 15) is 9.59 Å². The molecule has 1 saturated heterocycles. The monoisotopic (exact) mass is 486 g/mol. The van der Waals surface area contributed by atoms with Crippen LogP contribution in [-0.4, -0.2) is 36.9 Å². The van der Waals surface area contributed by atoms with Gasteiger partial charge in [0, 0.05) is 31.7 Å². The Labute approximate surface area is 205 Å². The van der Waals surface area contributed by atoms with Crippen molar-refractivity contribution < 1.29 is 28.5 Å². The van der Waals surface area contributed by atoms with Gasteiger partial charge < -0.3 is 18.9 Å². The van der Waals surface area contributed by atoms with E-state index in [1.54, 1.807) is 0 Å². The largest absolute Gasteiger partial charge is 0.491 e. The fourth-order valence-corrected chi connectivity index (χ4v) is 5.38. The molecule has 6 nitrogen and oxygen atoms in total. The summed E-state index contributed by atoms with van der Waals surface area (Å²) < 4.78 is 24.0. The van der Waals surface area contributed by atoms with E-state index in [0.29, 0.717) is 30.2 Å². The first-order valence-corrected chi connectivity index (χ1v) is 12.2. The minimum Gasteiger partial charge on any atom is -0.491 e. The van der Waals surface area contributed by atoms with Gasteiger partial charge in [0.15, 0.2) is 6.10 Å². The first-order valence-electron chi connectivity index (χ1n) is 11.8. The number of rotatable bonds is 6. The molecule has 182 valence electrons. The molecule has 1 fully saturated rings. The Hall–Kier alpha value is -2.57. The van der Waals surface area contributed by atoms with Crippen molar-refractivity contribution in [3.05, 3.63) is 63.7 Å². The summed E-state index contributed by atoms with van der Waals surface area (Å²) in [5.41, 5.74) is 3.85. The highest BCUT2D eigenvalue weighted by Gasteiger charge is 2.49. The molecule has 0 N–H and O–H groups in total. The molecule has 2 aromatic rings. The maximum Gasteiger partial charge on any atom is 0.303 e. The molecule has 4 rings (SSSR count). The summed E-state index contributed by atoms with van der Waals surface area (Å²) in [6.07, 6.45) is -0.177. The van der Waals surface area contributed by atoms with Crippen LogP contribution < -0.4 is 4.74 Å². The number of hydrogen-bond donors (Lipinski definition) is 0. The average molecular weight is 487 g/mol. The highest BCUT2D eigenvalue weighted by Crippen LogP contribution is 2.47. The summed E-state index contributed by atoms with van der Waals surface area (Å²) in [7, 11) is 0. The molecule has 0 spiro atoms. The third-order valence-corrected chi connectivity index (χ3v) is 7.05. The molecular weight excluding hydrogens is 456 g/mol. The highest BCUT2D eigenvalue weighted by molar-refractivity contribution is 6.33. The summed E-state index contributed by atoms with van der Waals surface area (Å²) in [6, 6.07) is 12.1. The molecular formula is C27H31ClO6. The van der Waals surface area contributed by atoms with Gasteiger partial charge in [0.2, 0.25) is 0 Å². The minimum atomic E-state index is -0.783. The van der Waals surface area contributed by atoms with Crippen LogP contribution in [0.4, 0.5) is 0 Å². The Balaban J connectivity index is 1.82. The summed E-state index contributed by atoms with van der Waals surface area (Å²) in [4.78, 5) is 24.1. The Morgan fingerprint density at radius 1 is 1.09 bits per heavy atom. The molecule has 0 saturated carbocycles. The Morgan fingerprint density at radius 2 is 1.76 bits per heavy atom. The number of halogens is 1. The van der Waals surface area contributed by atoms with Crippen molar-refractivity contribution in [1.29, 1.82) is 0 Å². The van der Waals surface area contributed by atoms with Crippen LogP contribution in [0, 0.1) is 5.92 Å². The molecule has 2 aliphatic heterocycles. The van der Waals surface area contributed by atoms with E-state index in [0.717, 1.165) is 28.7 Å². The molecule has 34 heavy (non-hydrogen) atoms. The number of carbonyl (C=O) groups is 2. The molecule has 0 radical (unpaired) electrons. The first-order chi connectivity index (χ1) is 16.3. The maximum absolute atomic E-state index is 12.1. The smallest absolute Gasteiger partial charge is 0.303 e. The zero-order valence-electron chi connectivity index (χ0n) is 20.0. The van der Waals surface area contributed by atoms with Gasteiger partial charge >= 0.3 is 11.9 Å². The van der Waals surface area contributed by atoms with Gasteiger partial charge in [0.25, 0.3) is 0 Å². The van der Waals surface area contributed by atoms with Crippen molar-refractivity contribution in [2.24, 2.45) is 5.92 Å². The lowest BCUT2D eigenvalue weighted by atomic mass is 9.82. The van der Waals surface area contributed by atoms with E-state index in [-0.39, 0.29) is 12.0 Å². The molecule has 7 heteroatoms. The number of benzene rings is 2. The molecule has 0 amide bonds. The average Bonchev–Trinajstić information content (AvgIpc) is 3.29. The zero-order valence-corrected chi connectivity index (χ0v) is 20.8. The van der Waals surface area contributed by atoms with Crippen molar-refractivity contribution in [2.45, 2.75) is 71.4 Å². The third-order valence-electron chi connectivity index (χ3n) is 6.63. The van der Waals surface area contributed by atoms with E-state index < -0.39 is 30.3 Å². The first kappa shape index (κ1) is 24.6. The van der Waals surface area contributed by atoms with Crippen molar-refractivity contribution >= 4 is 23.5 Å². The summed E-state index contributed by atoms with van der Waals surface area (Å²) in [5.74, 6) is -0.357. The van der Waals surface area contributed by atoms with Crippen LogP contribution in [0.15, 0.2) is 36.4 Å². The quantitative estimate of drug-likeness (QED) is 0.521. The van der Waals surface area contributed by atoms with Crippen LogP contribution in [-0.2, 0) is 36.6 Å². The maximum atomic E-state index is 12.1. The number of carbonyl (C=O) groups excluding carboxylic acids is 2. The number of esters is 2.